The molecule has 2 aliphatic rings. The molecular formula is C17H24N2O5S. The quantitative estimate of drug-likeness (QED) is 0.790. The van der Waals surface area contributed by atoms with Crippen LogP contribution in [0.2, 0.25) is 0 Å². The molecule has 0 saturated carbocycles. The van der Waals surface area contributed by atoms with Gasteiger partial charge in [0.25, 0.3) is 0 Å². The number of nitrogens with zero attached hydrogens (tertiary/aromatic N) is 1. The van der Waals surface area contributed by atoms with E-state index < -0.39 is 10.0 Å². The number of carbonyl (C=O) groups excluding carboxylic acids is 1. The zero-order valence-corrected chi connectivity index (χ0v) is 15.0. The molecule has 2 heterocycles. The van der Waals surface area contributed by atoms with Crippen LogP contribution in [0.25, 0.3) is 0 Å². The van der Waals surface area contributed by atoms with Gasteiger partial charge < -0.3 is 14.8 Å². The molecule has 1 atom stereocenters. The Bertz CT molecular complexity index is 695. The minimum absolute atomic E-state index is 0.0386. The standard InChI is InChI=1S/C17H24N2O5S/c20-17(15-5-8-24-12-15)18-11-14-3-1-2-4-16(14)13-25(21,22)19-6-9-23-10-7-19/h1-4,15H,5-13H2,(H,18,20). The molecule has 25 heavy (non-hydrogen) atoms. The van der Waals surface area contributed by atoms with Crippen LogP contribution in [0.1, 0.15) is 17.5 Å². The lowest BCUT2D eigenvalue weighted by molar-refractivity contribution is -0.125. The van der Waals surface area contributed by atoms with E-state index in [0.29, 0.717) is 46.1 Å². The summed E-state index contributed by atoms with van der Waals surface area (Å²) in [6, 6.07) is 7.33. The van der Waals surface area contributed by atoms with Gasteiger partial charge in [0.15, 0.2) is 0 Å². The van der Waals surface area contributed by atoms with Crippen molar-refractivity contribution in [1.82, 2.24) is 9.62 Å². The number of benzene rings is 1. The molecule has 1 N–H and O–H groups in total. The SMILES string of the molecule is O=C(NCc1ccccc1CS(=O)(=O)N1CCOCC1)C1CCOC1. The van der Waals surface area contributed by atoms with Gasteiger partial charge in [0.05, 0.1) is 31.5 Å². The van der Waals surface area contributed by atoms with Crippen LogP contribution in [0.15, 0.2) is 24.3 Å². The average molecular weight is 368 g/mol. The van der Waals surface area contributed by atoms with E-state index in [1.54, 1.807) is 6.07 Å². The summed E-state index contributed by atoms with van der Waals surface area (Å²) in [6.07, 6.45) is 0.735. The first-order chi connectivity index (χ1) is 12.1. The summed E-state index contributed by atoms with van der Waals surface area (Å²) < 4.78 is 37.2. The second-order valence-corrected chi connectivity index (χ2v) is 8.28. The number of nitrogens with one attached hydrogen (secondary N) is 1. The summed E-state index contributed by atoms with van der Waals surface area (Å²) in [5, 5.41) is 2.90. The van der Waals surface area contributed by atoms with Gasteiger partial charge in [0.1, 0.15) is 0 Å². The van der Waals surface area contributed by atoms with Gasteiger partial charge >= 0.3 is 0 Å². The van der Waals surface area contributed by atoms with Crippen molar-refractivity contribution in [2.45, 2.75) is 18.7 Å². The summed E-state index contributed by atoms with van der Waals surface area (Å²) in [5.74, 6) is -0.210. The molecule has 1 unspecified atom stereocenters. The fourth-order valence-corrected chi connectivity index (χ4v) is 4.61. The molecule has 0 aromatic heterocycles. The van der Waals surface area contributed by atoms with Crippen LogP contribution in [-0.4, -0.2) is 58.1 Å². The lowest BCUT2D eigenvalue weighted by Crippen LogP contribution is -2.41. The zero-order chi connectivity index (χ0) is 17.7. The van der Waals surface area contributed by atoms with Crippen molar-refractivity contribution in [2.75, 3.05) is 39.5 Å². The van der Waals surface area contributed by atoms with Crippen molar-refractivity contribution in [3.05, 3.63) is 35.4 Å². The first-order valence-corrected chi connectivity index (χ1v) is 10.1. The molecule has 2 aliphatic heterocycles. The van der Waals surface area contributed by atoms with E-state index in [1.165, 1.54) is 4.31 Å². The van der Waals surface area contributed by atoms with E-state index >= 15 is 0 Å². The second-order valence-electron chi connectivity index (χ2n) is 6.31. The molecule has 0 spiro atoms. The van der Waals surface area contributed by atoms with E-state index in [-0.39, 0.29) is 17.6 Å². The van der Waals surface area contributed by atoms with Gasteiger partial charge in [-0.1, -0.05) is 24.3 Å². The highest BCUT2D eigenvalue weighted by Crippen LogP contribution is 2.17. The first-order valence-electron chi connectivity index (χ1n) is 8.54. The summed E-state index contributed by atoms with van der Waals surface area (Å²) in [7, 11) is -3.39. The predicted molar refractivity (Wildman–Crippen MR) is 92.2 cm³/mol. The Balaban J connectivity index is 1.64. The fourth-order valence-electron chi connectivity index (χ4n) is 3.05. The summed E-state index contributed by atoms with van der Waals surface area (Å²) in [6.45, 7) is 3.04. The maximum Gasteiger partial charge on any atom is 0.225 e. The Hall–Kier alpha value is -1.48. The maximum atomic E-state index is 12.6. The number of sulfonamides is 1. The molecule has 0 radical (unpaired) electrons. The smallest absolute Gasteiger partial charge is 0.225 e. The van der Waals surface area contributed by atoms with Gasteiger partial charge in [0, 0.05) is 26.2 Å². The third-order valence-electron chi connectivity index (χ3n) is 4.57. The molecule has 0 bridgehead atoms. The van der Waals surface area contributed by atoms with Gasteiger partial charge in [-0.25, -0.2) is 8.42 Å². The van der Waals surface area contributed by atoms with Crippen molar-refractivity contribution in [2.24, 2.45) is 5.92 Å². The molecule has 138 valence electrons. The molecule has 2 saturated heterocycles. The van der Waals surface area contributed by atoms with E-state index in [4.69, 9.17) is 9.47 Å². The molecule has 1 aromatic carbocycles. The maximum absolute atomic E-state index is 12.6. The highest BCUT2D eigenvalue weighted by atomic mass is 32.2. The van der Waals surface area contributed by atoms with Gasteiger partial charge in [-0.2, -0.15) is 4.31 Å². The monoisotopic (exact) mass is 368 g/mol. The lowest BCUT2D eigenvalue weighted by Gasteiger charge is -2.26. The van der Waals surface area contributed by atoms with Crippen LogP contribution >= 0.6 is 0 Å². The van der Waals surface area contributed by atoms with Crippen LogP contribution in [-0.2, 0) is 36.6 Å². The van der Waals surface area contributed by atoms with Gasteiger partial charge in [-0.15, -0.1) is 0 Å². The topological polar surface area (TPSA) is 84.9 Å². The second kappa shape index (κ2) is 8.27. The van der Waals surface area contributed by atoms with Crippen molar-refractivity contribution < 1.29 is 22.7 Å². The van der Waals surface area contributed by atoms with E-state index in [0.717, 1.165) is 17.5 Å². The van der Waals surface area contributed by atoms with Gasteiger partial charge in [-0.05, 0) is 17.5 Å². The molecule has 7 nitrogen and oxygen atoms in total. The number of morpholine rings is 1. The normalized spacial score (nSPS) is 22.0. The van der Waals surface area contributed by atoms with E-state index in [2.05, 4.69) is 5.32 Å². The minimum Gasteiger partial charge on any atom is -0.381 e. The van der Waals surface area contributed by atoms with Crippen LogP contribution < -0.4 is 5.32 Å². The van der Waals surface area contributed by atoms with Gasteiger partial charge in [-0.3, -0.25) is 4.79 Å². The van der Waals surface area contributed by atoms with Crippen LogP contribution in [0, 0.1) is 5.92 Å². The number of carbonyl (C=O) groups is 1. The first kappa shape index (κ1) is 18.3. The van der Waals surface area contributed by atoms with E-state index in [9.17, 15) is 13.2 Å². The highest BCUT2D eigenvalue weighted by Gasteiger charge is 2.26. The Morgan fingerprint density at radius 2 is 1.84 bits per heavy atom. The third-order valence-corrected chi connectivity index (χ3v) is 6.40. The predicted octanol–water partition coefficient (Wildman–Crippen LogP) is 0.501. The van der Waals surface area contributed by atoms with Crippen LogP contribution in [0.4, 0.5) is 0 Å². The van der Waals surface area contributed by atoms with Crippen molar-refractivity contribution in [3.63, 3.8) is 0 Å². The Morgan fingerprint density at radius 1 is 1.12 bits per heavy atom. The average Bonchev–Trinajstić information content (AvgIpc) is 3.16. The molecule has 8 heteroatoms. The number of rotatable bonds is 6. The van der Waals surface area contributed by atoms with Gasteiger partial charge in [0.2, 0.25) is 15.9 Å². The third kappa shape index (κ3) is 4.78. The summed E-state index contributed by atoms with van der Waals surface area (Å²) in [4.78, 5) is 12.1. The molecule has 3 rings (SSSR count). The van der Waals surface area contributed by atoms with Crippen molar-refractivity contribution in [3.8, 4) is 0 Å². The van der Waals surface area contributed by atoms with Crippen LogP contribution in [0.5, 0.6) is 0 Å². The highest BCUT2D eigenvalue weighted by molar-refractivity contribution is 7.88. The lowest BCUT2D eigenvalue weighted by atomic mass is 10.1. The fraction of sp³-hybridized carbons (Fsp3) is 0.588. The van der Waals surface area contributed by atoms with Crippen LogP contribution in [0.3, 0.4) is 0 Å². The molecule has 2 fully saturated rings. The number of amides is 1. The summed E-state index contributed by atoms with van der Waals surface area (Å²) in [5.41, 5.74) is 1.54. The Kier molecular flexibility index (Phi) is 6.06. The number of hydrogen-bond donors (Lipinski definition) is 1. The van der Waals surface area contributed by atoms with Crippen molar-refractivity contribution in [1.29, 1.82) is 0 Å². The largest absolute Gasteiger partial charge is 0.381 e. The van der Waals surface area contributed by atoms with Crippen molar-refractivity contribution >= 4 is 15.9 Å². The Morgan fingerprint density at radius 3 is 2.52 bits per heavy atom. The molecule has 1 aromatic rings. The number of ether oxygens (including phenoxy) is 2. The Labute approximate surface area is 148 Å². The zero-order valence-electron chi connectivity index (χ0n) is 14.1. The summed E-state index contributed by atoms with van der Waals surface area (Å²) >= 11 is 0. The molecule has 0 aliphatic carbocycles. The molecular weight excluding hydrogens is 344 g/mol. The minimum atomic E-state index is -3.39. The molecule has 1 amide bonds. The van der Waals surface area contributed by atoms with E-state index in [1.807, 2.05) is 18.2 Å². The number of hydrogen-bond acceptors (Lipinski definition) is 5.